The number of fused-ring (bicyclic) bond motifs is 1. The highest BCUT2D eigenvalue weighted by Crippen LogP contribution is 2.32. The monoisotopic (exact) mass is 357 g/mol. The van der Waals surface area contributed by atoms with Crippen molar-refractivity contribution in [1.82, 2.24) is 14.8 Å². The maximum absolute atomic E-state index is 13.0. The number of piperidine rings is 1. The van der Waals surface area contributed by atoms with E-state index in [0.29, 0.717) is 13.2 Å². The molecule has 2 aliphatic rings. The minimum atomic E-state index is 0.150. The fourth-order valence-corrected chi connectivity index (χ4v) is 4.47. The summed E-state index contributed by atoms with van der Waals surface area (Å²) in [7, 11) is 0. The number of aromatic nitrogens is 1. The van der Waals surface area contributed by atoms with Gasteiger partial charge in [-0.05, 0) is 25.3 Å². The molecule has 1 aromatic carbocycles. The summed E-state index contributed by atoms with van der Waals surface area (Å²) in [4.78, 5) is 21.7. The van der Waals surface area contributed by atoms with Crippen molar-refractivity contribution in [3.63, 3.8) is 0 Å². The highest BCUT2D eigenvalue weighted by Gasteiger charge is 2.30. The standard InChI is InChI=1S/C19H23N3O2S/c23-18(22-9-4-3-6-16(22)19-20-8-12-25-19)14-21-10-11-24-17-7-2-1-5-15(17)13-21/h1-2,5,7-8,12,16H,3-4,6,9-11,13-14H2. The van der Waals surface area contributed by atoms with Crippen molar-refractivity contribution in [2.45, 2.75) is 31.8 Å². The van der Waals surface area contributed by atoms with E-state index in [4.69, 9.17) is 4.74 Å². The van der Waals surface area contributed by atoms with Crippen LogP contribution in [0.5, 0.6) is 5.75 Å². The largest absolute Gasteiger partial charge is 0.492 e. The van der Waals surface area contributed by atoms with Crippen LogP contribution < -0.4 is 4.74 Å². The number of hydrogen-bond acceptors (Lipinski definition) is 5. The molecule has 4 rings (SSSR count). The van der Waals surface area contributed by atoms with E-state index in [2.05, 4.69) is 16.0 Å². The van der Waals surface area contributed by atoms with Gasteiger partial charge in [0.1, 0.15) is 17.4 Å². The highest BCUT2D eigenvalue weighted by molar-refractivity contribution is 7.09. The van der Waals surface area contributed by atoms with Gasteiger partial charge in [-0.25, -0.2) is 4.98 Å². The van der Waals surface area contributed by atoms with Crippen LogP contribution in [-0.2, 0) is 11.3 Å². The van der Waals surface area contributed by atoms with Crippen LogP contribution in [0.25, 0.3) is 0 Å². The van der Waals surface area contributed by atoms with Gasteiger partial charge in [0.15, 0.2) is 0 Å². The van der Waals surface area contributed by atoms with Gasteiger partial charge in [0.05, 0.1) is 12.6 Å². The van der Waals surface area contributed by atoms with Crippen LogP contribution in [-0.4, -0.2) is 46.9 Å². The predicted octanol–water partition coefficient (Wildman–Crippen LogP) is 3.09. The van der Waals surface area contributed by atoms with Gasteiger partial charge in [0, 0.05) is 36.8 Å². The Balaban J connectivity index is 1.45. The first-order chi connectivity index (χ1) is 12.3. The Morgan fingerprint density at radius 1 is 1.28 bits per heavy atom. The lowest BCUT2D eigenvalue weighted by molar-refractivity contribution is -0.136. The molecule has 1 saturated heterocycles. The minimum absolute atomic E-state index is 0.150. The van der Waals surface area contributed by atoms with E-state index in [1.54, 1.807) is 11.3 Å². The molecule has 2 aromatic rings. The zero-order valence-corrected chi connectivity index (χ0v) is 15.1. The Morgan fingerprint density at radius 3 is 3.08 bits per heavy atom. The summed E-state index contributed by atoms with van der Waals surface area (Å²) in [6.45, 7) is 3.44. The number of carbonyl (C=O) groups excluding carboxylic acids is 1. The Morgan fingerprint density at radius 2 is 2.20 bits per heavy atom. The summed E-state index contributed by atoms with van der Waals surface area (Å²) in [5.74, 6) is 1.15. The SMILES string of the molecule is O=C(CN1CCOc2ccccc2C1)N1CCCCC1c1nccs1. The molecule has 0 spiro atoms. The van der Waals surface area contributed by atoms with Crippen molar-refractivity contribution in [1.29, 1.82) is 0 Å². The van der Waals surface area contributed by atoms with Gasteiger partial charge < -0.3 is 9.64 Å². The van der Waals surface area contributed by atoms with Gasteiger partial charge in [-0.1, -0.05) is 18.2 Å². The van der Waals surface area contributed by atoms with Gasteiger partial charge in [-0.15, -0.1) is 11.3 Å². The van der Waals surface area contributed by atoms with Crippen molar-refractivity contribution in [2.75, 3.05) is 26.2 Å². The fraction of sp³-hybridized carbons (Fsp3) is 0.474. The van der Waals surface area contributed by atoms with Crippen molar-refractivity contribution in [3.05, 3.63) is 46.4 Å². The van der Waals surface area contributed by atoms with Gasteiger partial charge in [0.2, 0.25) is 5.91 Å². The Bertz CT molecular complexity index is 719. The number of rotatable bonds is 3. The Labute approximate surface area is 152 Å². The van der Waals surface area contributed by atoms with Crippen molar-refractivity contribution >= 4 is 17.2 Å². The van der Waals surface area contributed by atoms with Gasteiger partial charge in [0.25, 0.3) is 0 Å². The molecular weight excluding hydrogens is 334 g/mol. The molecule has 1 aromatic heterocycles. The van der Waals surface area contributed by atoms with E-state index in [1.165, 1.54) is 6.42 Å². The third kappa shape index (κ3) is 3.70. The van der Waals surface area contributed by atoms with Crippen LogP contribution in [0, 0.1) is 0 Å². The maximum Gasteiger partial charge on any atom is 0.237 e. The van der Waals surface area contributed by atoms with Crippen LogP contribution in [0.2, 0.25) is 0 Å². The second-order valence-corrected chi connectivity index (χ2v) is 7.56. The Hall–Kier alpha value is -1.92. The molecule has 132 valence electrons. The molecule has 1 amide bonds. The number of carbonyl (C=O) groups is 1. The quantitative estimate of drug-likeness (QED) is 0.847. The number of ether oxygens (including phenoxy) is 1. The first kappa shape index (κ1) is 16.5. The Kier molecular flexibility index (Phi) is 4.99. The lowest BCUT2D eigenvalue weighted by Crippen LogP contribution is -2.44. The number of benzene rings is 1. The number of thiazole rings is 1. The molecule has 1 atom stereocenters. The number of nitrogens with zero attached hydrogens (tertiary/aromatic N) is 3. The number of amides is 1. The van der Waals surface area contributed by atoms with E-state index < -0.39 is 0 Å². The molecule has 25 heavy (non-hydrogen) atoms. The number of para-hydroxylation sites is 1. The minimum Gasteiger partial charge on any atom is -0.492 e. The zero-order chi connectivity index (χ0) is 17.1. The van der Waals surface area contributed by atoms with E-state index in [0.717, 1.165) is 48.8 Å². The van der Waals surface area contributed by atoms with E-state index >= 15 is 0 Å². The fourth-order valence-electron chi connectivity index (χ4n) is 3.68. The summed E-state index contributed by atoms with van der Waals surface area (Å²) in [5, 5.41) is 3.06. The summed E-state index contributed by atoms with van der Waals surface area (Å²) < 4.78 is 5.81. The lowest BCUT2D eigenvalue weighted by Gasteiger charge is -2.35. The topological polar surface area (TPSA) is 45.7 Å². The third-order valence-electron chi connectivity index (χ3n) is 4.95. The number of hydrogen-bond donors (Lipinski definition) is 0. The van der Waals surface area contributed by atoms with Crippen LogP contribution in [0.1, 0.15) is 35.9 Å². The van der Waals surface area contributed by atoms with Gasteiger partial charge in [-0.2, -0.15) is 0 Å². The highest BCUT2D eigenvalue weighted by atomic mass is 32.1. The first-order valence-electron chi connectivity index (χ1n) is 8.93. The molecule has 0 radical (unpaired) electrons. The van der Waals surface area contributed by atoms with Crippen molar-refractivity contribution < 1.29 is 9.53 Å². The first-order valence-corrected chi connectivity index (χ1v) is 9.81. The van der Waals surface area contributed by atoms with Crippen molar-refractivity contribution in [3.8, 4) is 5.75 Å². The van der Waals surface area contributed by atoms with Gasteiger partial charge in [-0.3, -0.25) is 9.69 Å². The predicted molar refractivity (Wildman–Crippen MR) is 97.6 cm³/mol. The van der Waals surface area contributed by atoms with Crippen molar-refractivity contribution in [2.24, 2.45) is 0 Å². The second-order valence-electron chi connectivity index (χ2n) is 6.64. The second kappa shape index (κ2) is 7.54. The zero-order valence-electron chi connectivity index (χ0n) is 14.3. The molecule has 0 aliphatic carbocycles. The normalized spacial score (nSPS) is 21.3. The average molecular weight is 357 g/mol. The molecule has 3 heterocycles. The molecule has 0 bridgehead atoms. The molecule has 0 N–H and O–H groups in total. The summed E-state index contributed by atoms with van der Waals surface area (Å²) in [5.41, 5.74) is 1.16. The molecule has 2 aliphatic heterocycles. The van der Waals surface area contributed by atoms with Crippen LogP contribution in [0.3, 0.4) is 0 Å². The lowest BCUT2D eigenvalue weighted by atomic mass is 10.0. The summed E-state index contributed by atoms with van der Waals surface area (Å²) in [6, 6.07) is 8.25. The number of likely N-dealkylation sites (tertiary alicyclic amines) is 1. The molecule has 5 nitrogen and oxygen atoms in total. The average Bonchev–Trinajstić information content (AvgIpc) is 3.10. The molecular formula is C19H23N3O2S. The molecule has 6 heteroatoms. The molecule has 1 fully saturated rings. The van der Waals surface area contributed by atoms with Gasteiger partial charge >= 0.3 is 0 Å². The smallest absolute Gasteiger partial charge is 0.237 e. The molecule has 0 saturated carbocycles. The van der Waals surface area contributed by atoms with Crippen LogP contribution >= 0.6 is 11.3 Å². The van der Waals surface area contributed by atoms with E-state index in [-0.39, 0.29) is 11.9 Å². The third-order valence-corrected chi connectivity index (χ3v) is 5.83. The van der Waals surface area contributed by atoms with Crippen LogP contribution in [0.4, 0.5) is 0 Å². The van der Waals surface area contributed by atoms with E-state index in [9.17, 15) is 4.79 Å². The summed E-state index contributed by atoms with van der Waals surface area (Å²) >= 11 is 1.65. The molecule has 1 unspecified atom stereocenters. The maximum atomic E-state index is 13.0. The van der Waals surface area contributed by atoms with E-state index in [1.807, 2.05) is 34.7 Å². The van der Waals surface area contributed by atoms with Crippen LogP contribution in [0.15, 0.2) is 35.8 Å². The summed E-state index contributed by atoms with van der Waals surface area (Å²) in [6.07, 6.45) is 5.10.